The highest BCUT2D eigenvalue weighted by Gasteiger charge is 1.97. The zero-order valence-corrected chi connectivity index (χ0v) is 8.34. The summed E-state index contributed by atoms with van der Waals surface area (Å²) < 4.78 is 5.04. The first-order chi connectivity index (χ1) is 6.38. The summed E-state index contributed by atoms with van der Waals surface area (Å²) in [6, 6.07) is 3.73. The van der Waals surface area contributed by atoms with Gasteiger partial charge in [-0.1, -0.05) is 11.8 Å². The molecule has 0 radical (unpaired) electrons. The number of thiol groups is 1. The number of pyridine rings is 1. The number of rotatable bonds is 2. The Bertz CT molecular complexity index is 327. The summed E-state index contributed by atoms with van der Waals surface area (Å²) in [6.45, 7) is 0. The minimum absolute atomic E-state index is 0.578. The van der Waals surface area contributed by atoms with Crippen LogP contribution in [0.5, 0.6) is 5.88 Å². The molecule has 0 aliphatic rings. The van der Waals surface area contributed by atoms with Gasteiger partial charge in [0.05, 0.1) is 12.7 Å². The molecule has 0 aliphatic carbocycles. The van der Waals surface area contributed by atoms with Crippen LogP contribution in [-0.4, -0.2) is 17.8 Å². The fourth-order valence-electron chi connectivity index (χ4n) is 0.862. The third kappa shape index (κ3) is 3.00. The summed E-state index contributed by atoms with van der Waals surface area (Å²) in [5.74, 6) is 7.31. The number of methoxy groups -OCH3 is 1. The van der Waals surface area contributed by atoms with Gasteiger partial charge in [0, 0.05) is 18.4 Å². The van der Waals surface area contributed by atoms with Gasteiger partial charge in [-0.3, -0.25) is 0 Å². The molecule has 0 bridgehead atoms. The zero-order valence-electron chi connectivity index (χ0n) is 7.45. The van der Waals surface area contributed by atoms with E-state index in [1.807, 2.05) is 12.1 Å². The first-order valence-electron chi connectivity index (χ1n) is 3.97. The van der Waals surface area contributed by atoms with E-state index < -0.39 is 0 Å². The smallest absolute Gasteiger partial charge is 0.229 e. The molecule has 0 aromatic carbocycles. The fraction of sp³-hybridized carbons (Fsp3) is 0.300. The van der Waals surface area contributed by atoms with E-state index in [2.05, 4.69) is 29.5 Å². The van der Waals surface area contributed by atoms with E-state index in [0.717, 1.165) is 17.7 Å². The molecule has 0 aliphatic heterocycles. The van der Waals surface area contributed by atoms with E-state index in [-0.39, 0.29) is 0 Å². The molecule has 0 unspecified atom stereocenters. The molecule has 68 valence electrons. The van der Waals surface area contributed by atoms with Crippen LogP contribution in [0, 0.1) is 11.8 Å². The lowest BCUT2D eigenvalue weighted by molar-refractivity contribution is 0.396. The van der Waals surface area contributed by atoms with Crippen molar-refractivity contribution in [1.29, 1.82) is 0 Å². The summed E-state index contributed by atoms with van der Waals surface area (Å²) in [7, 11) is 1.59. The average Bonchev–Trinajstić information content (AvgIpc) is 2.19. The van der Waals surface area contributed by atoms with Gasteiger partial charge in [0.15, 0.2) is 0 Å². The van der Waals surface area contributed by atoms with Crippen LogP contribution in [0.1, 0.15) is 12.0 Å². The third-order valence-electron chi connectivity index (χ3n) is 1.42. The Morgan fingerprint density at radius 1 is 1.62 bits per heavy atom. The van der Waals surface area contributed by atoms with Crippen LogP contribution in [0.4, 0.5) is 0 Å². The molecule has 1 heterocycles. The molecule has 0 N–H and O–H groups in total. The molecule has 13 heavy (non-hydrogen) atoms. The number of aromatic nitrogens is 1. The van der Waals surface area contributed by atoms with E-state index in [4.69, 9.17) is 4.74 Å². The maximum absolute atomic E-state index is 5.04. The first-order valence-corrected chi connectivity index (χ1v) is 4.60. The minimum Gasteiger partial charge on any atom is -0.480 e. The van der Waals surface area contributed by atoms with Crippen molar-refractivity contribution >= 4 is 12.6 Å². The summed E-state index contributed by atoms with van der Waals surface area (Å²) in [5.41, 5.74) is 0.826. The average molecular weight is 193 g/mol. The van der Waals surface area contributed by atoms with Crippen LogP contribution in [0.3, 0.4) is 0 Å². The standard InChI is InChI=1S/C10H11NOS/c1-12-10-9(5-2-3-8-13)6-4-7-11-10/h4,6-7,13H,3,8H2,1H3. The summed E-state index contributed by atoms with van der Waals surface area (Å²) in [5, 5.41) is 0. The van der Waals surface area contributed by atoms with E-state index in [9.17, 15) is 0 Å². The Balaban J connectivity index is 2.82. The summed E-state index contributed by atoms with van der Waals surface area (Å²) in [4.78, 5) is 4.03. The molecule has 0 saturated heterocycles. The van der Waals surface area contributed by atoms with Crippen molar-refractivity contribution in [2.24, 2.45) is 0 Å². The Kier molecular flexibility index (Phi) is 4.20. The van der Waals surface area contributed by atoms with Gasteiger partial charge in [0.25, 0.3) is 0 Å². The van der Waals surface area contributed by atoms with Gasteiger partial charge in [-0.15, -0.1) is 0 Å². The van der Waals surface area contributed by atoms with Crippen molar-refractivity contribution in [3.8, 4) is 17.7 Å². The van der Waals surface area contributed by atoms with Crippen molar-refractivity contribution in [1.82, 2.24) is 4.98 Å². The molecule has 0 amide bonds. The van der Waals surface area contributed by atoms with E-state index in [1.165, 1.54) is 0 Å². The second-order valence-electron chi connectivity index (χ2n) is 2.34. The van der Waals surface area contributed by atoms with E-state index >= 15 is 0 Å². The zero-order chi connectivity index (χ0) is 9.52. The highest BCUT2D eigenvalue weighted by molar-refractivity contribution is 7.80. The lowest BCUT2D eigenvalue weighted by Crippen LogP contribution is -1.90. The number of nitrogens with zero attached hydrogens (tertiary/aromatic N) is 1. The molecule has 1 aromatic rings. The molecular weight excluding hydrogens is 182 g/mol. The van der Waals surface area contributed by atoms with Crippen LogP contribution < -0.4 is 4.74 Å². The third-order valence-corrected chi connectivity index (χ3v) is 1.65. The van der Waals surface area contributed by atoms with Gasteiger partial charge >= 0.3 is 0 Å². The fourth-order valence-corrected chi connectivity index (χ4v) is 0.974. The van der Waals surface area contributed by atoms with Crippen LogP contribution >= 0.6 is 12.6 Å². The Hall–Kier alpha value is -1.14. The van der Waals surface area contributed by atoms with Gasteiger partial charge in [-0.25, -0.2) is 4.98 Å². The van der Waals surface area contributed by atoms with Crippen LogP contribution in [0.2, 0.25) is 0 Å². The SMILES string of the molecule is COc1ncccc1C#CCCS. The van der Waals surface area contributed by atoms with Gasteiger partial charge in [0.1, 0.15) is 0 Å². The molecule has 3 heteroatoms. The maximum Gasteiger partial charge on any atom is 0.229 e. The predicted molar refractivity (Wildman–Crippen MR) is 56.1 cm³/mol. The maximum atomic E-state index is 5.04. The first kappa shape index (κ1) is 9.94. The highest BCUT2D eigenvalue weighted by Crippen LogP contribution is 2.11. The molecule has 2 nitrogen and oxygen atoms in total. The summed E-state index contributed by atoms with van der Waals surface area (Å²) in [6.07, 6.45) is 2.46. The molecule has 0 fully saturated rings. The van der Waals surface area contributed by atoms with E-state index in [0.29, 0.717) is 5.88 Å². The minimum atomic E-state index is 0.578. The molecule has 1 aromatic heterocycles. The lowest BCUT2D eigenvalue weighted by Gasteiger charge is -1.99. The van der Waals surface area contributed by atoms with Crippen LogP contribution in [0.15, 0.2) is 18.3 Å². The molecular formula is C10H11NOS. The lowest BCUT2D eigenvalue weighted by atomic mass is 10.2. The van der Waals surface area contributed by atoms with Gasteiger partial charge in [0.2, 0.25) is 5.88 Å². The van der Waals surface area contributed by atoms with Crippen LogP contribution in [-0.2, 0) is 0 Å². The van der Waals surface area contributed by atoms with Crippen LogP contribution in [0.25, 0.3) is 0 Å². The van der Waals surface area contributed by atoms with Crippen molar-refractivity contribution < 1.29 is 4.74 Å². The largest absolute Gasteiger partial charge is 0.480 e. The highest BCUT2D eigenvalue weighted by atomic mass is 32.1. The Morgan fingerprint density at radius 2 is 2.46 bits per heavy atom. The van der Waals surface area contributed by atoms with Crippen molar-refractivity contribution in [3.05, 3.63) is 23.9 Å². The quantitative estimate of drug-likeness (QED) is 0.571. The predicted octanol–water partition coefficient (Wildman–Crippen LogP) is 1.76. The van der Waals surface area contributed by atoms with Crippen molar-refractivity contribution in [2.75, 3.05) is 12.9 Å². The number of ether oxygens (including phenoxy) is 1. The topological polar surface area (TPSA) is 22.1 Å². The number of hydrogen-bond donors (Lipinski definition) is 1. The van der Waals surface area contributed by atoms with E-state index in [1.54, 1.807) is 13.3 Å². The van der Waals surface area contributed by atoms with Gasteiger partial charge in [-0.2, -0.15) is 12.6 Å². The Morgan fingerprint density at radius 3 is 3.15 bits per heavy atom. The molecule has 0 saturated carbocycles. The van der Waals surface area contributed by atoms with Crippen molar-refractivity contribution in [3.63, 3.8) is 0 Å². The number of hydrogen-bond acceptors (Lipinski definition) is 3. The summed E-state index contributed by atoms with van der Waals surface area (Å²) >= 11 is 4.07. The van der Waals surface area contributed by atoms with Gasteiger partial charge in [-0.05, 0) is 12.1 Å². The second kappa shape index (κ2) is 5.50. The molecule has 1 rings (SSSR count). The van der Waals surface area contributed by atoms with Gasteiger partial charge < -0.3 is 4.74 Å². The van der Waals surface area contributed by atoms with Crippen molar-refractivity contribution in [2.45, 2.75) is 6.42 Å². The molecule has 0 atom stereocenters. The molecule has 0 spiro atoms. The second-order valence-corrected chi connectivity index (χ2v) is 2.78. The Labute approximate surface area is 83.7 Å². The monoisotopic (exact) mass is 193 g/mol. The normalized spacial score (nSPS) is 8.77.